The van der Waals surface area contributed by atoms with E-state index in [4.69, 9.17) is 11.6 Å². The average Bonchev–Trinajstić information content (AvgIpc) is 3.06. The van der Waals surface area contributed by atoms with E-state index < -0.39 is 12.4 Å². The Morgan fingerprint density at radius 3 is 2.93 bits per heavy atom. The van der Waals surface area contributed by atoms with Crippen LogP contribution in [0, 0.1) is 5.82 Å². The third-order valence-electron chi connectivity index (χ3n) is 4.32. The molecule has 0 fully saturated rings. The number of thioether (sulfide) groups is 1. The first-order valence-electron chi connectivity index (χ1n) is 9.06. The highest BCUT2D eigenvalue weighted by molar-refractivity contribution is 8.09. The summed E-state index contributed by atoms with van der Waals surface area (Å²) in [6, 6.07) is 6.75. The molecule has 0 saturated carbocycles. The van der Waals surface area contributed by atoms with E-state index in [0.29, 0.717) is 29.4 Å². The van der Waals surface area contributed by atoms with Crippen molar-refractivity contribution in [1.29, 1.82) is 0 Å². The van der Waals surface area contributed by atoms with Crippen molar-refractivity contribution in [3.05, 3.63) is 64.2 Å². The van der Waals surface area contributed by atoms with E-state index in [0.717, 1.165) is 10.5 Å². The van der Waals surface area contributed by atoms with Crippen molar-refractivity contribution in [1.82, 2.24) is 15.2 Å². The number of aliphatic hydroxyl groups is 1. The van der Waals surface area contributed by atoms with Crippen LogP contribution in [0.25, 0.3) is 4.91 Å². The molecule has 1 aliphatic heterocycles. The van der Waals surface area contributed by atoms with Crippen LogP contribution in [0.3, 0.4) is 0 Å². The summed E-state index contributed by atoms with van der Waals surface area (Å²) in [5, 5.41) is 16.0. The van der Waals surface area contributed by atoms with Gasteiger partial charge < -0.3 is 20.6 Å². The molecule has 0 bridgehead atoms. The van der Waals surface area contributed by atoms with Crippen LogP contribution in [-0.4, -0.2) is 32.9 Å². The van der Waals surface area contributed by atoms with Gasteiger partial charge in [0.2, 0.25) is 6.41 Å². The largest absolute Gasteiger partial charge is 0.392 e. The molecule has 2 heterocycles. The van der Waals surface area contributed by atoms with Gasteiger partial charge in [-0.1, -0.05) is 35.5 Å². The Hall–Kier alpha value is -2.29. The molecular weight excluding hydrogens is 415 g/mol. The summed E-state index contributed by atoms with van der Waals surface area (Å²) in [5.74, 6) is 0.245. The van der Waals surface area contributed by atoms with Crippen LogP contribution in [0.1, 0.15) is 30.5 Å². The van der Waals surface area contributed by atoms with E-state index >= 15 is 0 Å². The second-order valence-electron chi connectivity index (χ2n) is 6.80. The lowest BCUT2D eigenvalue weighted by molar-refractivity contribution is -0.110. The number of benzene rings is 1. The van der Waals surface area contributed by atoms with Crippen LogP contribution in [0.4, 0.5) is 10.2 Å². The maximum absolute atomic E-state index is 14.0. The number of carbonyl (C=O) groups excluding carboxylic acids is 1. The zero-order chi connectivity index (χ0) is 21.0. The van der Waals surface area contributed by atoms with Gasteiger partial charge in [-0.15, -0.1) is 0 Å². The van der Waals surface area contributed by atoms with Crippen molar-refractivity contribution < 1.29 is 14.3 Å². The van der Waals surface area contributed by atoms with E-state index in [9.17, 15) is 14.3 Å². The highest BCUT2D eigenvalue weighted by Crippen LogP contribution is 2.42. The van der Waals surface area contributed by atoms with Gasteiger partial charge in [0, 0.05) is 41.0 Å². The van der Waals surface area contributed by atoms with Crippen LogP contribution in [0.15, 0.2) is 36.7 Å². The summed E-state index contributed by atoms with van der Waals surface area (Å²) in [7, 11) is 0. The Kier molecular flexibility index (Phi) is 7.00. The molecule has 0 spiro atoms. The van der Waals surface area contributed by atoms with E-state index in [1.807, 2.05) is 31.0 Å². The highest BCUT2D eigenvalue weighted by Gasteiger charge is 2.28. The molecule has 9 heteroatoms. The van der Waals surface area contributed by atoms with Crippen LogP contribution in [-0.2, 0) is 17.9 Å². The van der Waals surface area contributed by atoms with Gasteiger partial charge >= 0.3 is 0 Å². The molecule has 0 aliphatic carbocycles. The third kappa shape index (κ3) is 5.01. The van der Waals surface area contributed by atoms with E-state index in [1.54, 1.807) is 18.3 Å². The van der Waals surface area contributed by atoms with Gasteiger partial charge in [0.25, 0.3) is 0 Å². The van der Waals surface area contributed by atoms with Crippen molar-refractivity contribution >= 4 is 40.5 Å². The number of hydrogen-bond acceptors (Lipinski definition) is 6. The monoisotopic (exact) mass is 436 g/mol. The fraction of sp³-hybridized carbons (Fsp3) is 0.300. The first kappa shape index (κ1) is 21.4. The molecule has 2 aromatic rings. The molecule has 154 valence electrons. The summed E-state index contributed by atoms with van der Waals surface area (Å²) in [6.07, 6.45) is 4.09. The topological polar surface area (TPSA) is 77.5 Å². The summed E-state index contributed by atoms with van der Waals surface area (Å²) in [4.78, 5) is 18.1. The predicted octanol–water partition coefficient (Wildman–Crippen LogP) is 3.76. The molecular formula is C20H22ClFN4O2S. The van der Waals surface area contributed by atoms with Gasteiger partial charge in [-0.25, -0.2) is 9.37 Å². The van der Waals surface area contributed by atoms with Gasteiger partial charge in [-0.2, -0.15) is 0 Å². The smallest absolute Gasteiger partial charge is 0.209 e. The SMILES string of the molecule is CC(C)Nc1cc(C2=CN(Cc3cccc(F)c3CO)C(NC=O)S2)c(Cl)cn1. The molecule has 1 aromatic carbocycles. The Morgan fingerprint density at radius 1 is 1.45 bits per heavy atom. The minimum Gasteiger partial charge on any atom is -0.392 e. The number of anilines is 1. The Morgan fingerprint density at radius 2 is 2.24 bits per heavy atom. The summed E-state index contributed by atoms with van der Waals surface area (Å²) >= 11 is 7.80. The minimum absolute atomic E-state index is 0.215. The second kappa shape index (κ2) is 9.47. The van der Waals surface area contributed by atoms with Crippen molar-refractivity contribution in [3.8, 4) is 0 Å². The molecule has 6 nitrogen and oxygen atoms in total. The zero-order valence-electron chi connectivity index (χ0n) is 16.0. The Labute approximate surface area is 178 Å². The molecule has 0 radical (unpaired) electrons. The van der Waals surface area contributed by atoms with Gasteiger partial charge in [-0.3, -0.25) is 4.79 Å². The zero-order valence-corrected chi connectivity index (χ0v) is 17.6. The molecule has 3 rings (SSSR count). The van der Waals surface area contributed by atoms with E-state index in [2.05, 4.69) is 15.6 Å². The Balaban J connectivity index is 1.92. The van der Waals surface area contributed by atoms with Crippen molar-refractivity contribution in [2.75, 3.05) is 5.32 Å². The number of rotatable bonds is 8. The number of pyridine rings is 1. The highest BCUT2D eigenvalue weighted by atomic mass is 35.5. The lowest BCUT2D eigenvalue weighted by atomic mass is 10.1. The van der Waals surface area contributed by atoms with Crippen molar-refractivity contribution in [2.45, 2.75) is 38.5 Å². The molecule has 1 amide bonds. The molecule has 1 atom stereocenters. The Bertz CT molecular complexity index is 925. The molecule has 29 heavy (non-hydrogen) atoms. The molecule has 3 N–H and O–H groups in total. The van der Waals surface area contributed by atoms with Gasteiger partial charge in [0.15, 0.2) is 5.50 Å². The fourth-order valence-electron chi connectivity index (χ4n) is 3.01. The maximum Gasteiger partial charge on any atom is 0.209 e. The lowest BCUT2D eigenvalue weighted by Gasteiger charge is -2.24. The fourth-order valence-corrected chi connectivity index (χ4v) is 4.40. The first-order valence-corrected chi connectivity index (χ1v) is 10.3. The minimum atomic E-state index is -0.456. The normalized spacial score (nSPS) is 16.1. The quantitative estimate of drug-likeness (QED) is 0.547. The molecule has 1 aliphatic rings. The van der Waals surface area contributed by atoms with E-state index in [1.165, 1.54) is 17.8 Å². The van der Waals surface area contributed by atoms with Gasteiger partial charge in [-0.05, 0) is 31.5 Å². The van der Waals surface area contributed by atoms with Gasteiger partial charge in [0.05, 0.1) is 11.6 Å². The number of nitrogens with zero attached hydrogens (tertiary/aromatic N) is 2. The van der Waals surface area contributed by atoms with Crippen LogP contribution < -0.4 is 10.6 Å². The standard InChI is InChI=1S/C20H22ClFN4O2S/c1-12(2)25-19-6-14(16(21)7-23-19)18-9-26(20(29-18)24-11-28)8-13-4-3-5-17(22)15(13)10-27/h3-7,9,11-12,20,27H,8,10H2,1-2H3,(H,23,25)(H,24,28). The molecule has 1 aromatic heterocycles. The third-order valence-corrected chi connectivity index (χ3v) is 5.83. The first-order chi connectivity index (χ1) is 13.9. The van der Waals surface area contributed by atoms with Crippen LogP contribution >= 0.6 is 23.4 Å². The lowest BCUT2D eigenvalue weighted by Crippen LogP contribution is -2.36. The van der Waals surface area contributed by atoms with Crippen molar-refractivity contribution in [3.63, 3.8) is 0 Å². The number of aromatic nitrogens is 1. The maximum atomic E-state index is 14.0. The number of amides is 1. The molecule has 1 unspecified atom stereocenters. The number of aliphatic hydroxyl groups excluding tert-OH is 1. The van der Waals surface area contributed by atoms with Crippen LogP contribution in [0.2, 0.25) is 5.02 Å². The van der Waals surface area contributed by atoms with Gasteiger partial charge in [0.1, 0.15) is 11.6 Å². The van der Waals surface area contributed by atoms with E-state index in [-0.39, 0.29) is 17.1 Å². The number of carbonyl (C=O) groups is 1. The summed E-state index contributed by atoms with van der Waals surface area (Å²) < 4.78 is 14.0. The summed E-state index contributed by atoms with van der Waals surface area (Å²) in [5.41, 5.74) is 1.29. The number of nitrogens with one attached hydrogen (secondary N) is 2. The summed E-state index contributed by atoms with van der Waals surface area (Å²) in [6.45, 7) is 3.95. The average molecular weight is 437 g/mol. The number of hydrogen-bond donors (Lipinski definition) is 3. The molecule has 0 saturated heterocycles. The second-order valence-corrected chi connectivity index (χ2v) is 8.33. The van der Waals surface area contributed by atoms with Crippen molar-refractivity contribution in [2.24, 2.45) is 0 Å². The van der Waals surface area contributed by atoms with Crippen LogP contribution in [0.5, 0.6) is 0 Å². The number of halogens is 2. The predicted molar refractivity (Wildman–Crippen MR) is 114 cm³/mol.